The highest BCUT2D eigenvalue weighted by atomic mass is 16.5. The van der Waals surface area contributed by atoms with Gasteiger partial charge in [0, 0.05) is 43.5 Å². The van der Waals surface area contributed by atoms with Crippen LogP contribution in [0.4, 0.5) is 21.9 Å². The van der Waals surface area contributed by atoms with Crippen molar-refractivity contribution in [2.24, 2.45) is 0 Å². The molecule has 0 bridgehead atoms. The lowest BCUT2D eigenvalue weighted by molar-refractivity contribution is -0.115. The first-order chi connectivity index (χ1) is 14.3. The fourth-order valence-corrected chi connectivity index (χ4v) is 2.51. The van der Waals surface area contributed by atoms with Crippen molar-refractivity contribution in [2.75, 3.05) is 22.5 Å². The van der Waals surface area contributed by atoms with Crippen molar-refractivity contribution in [1.82, 2.24) is 5.32 Å². The molecule has 0 aromatic heterocycles. The van der Waals surface area contributed by atoms with Crippen LogP contribution in [-0.4, -0.2) is 30.4 Å². The van der Waals surface area contributed by atoms with E-state index in [9.17, 15) is 19.2 Å². The van der Waals surface area contributed by atoms with Crippen LogP contribution in [0.15, 0.2) is 42.5 Å². The van der Waals surface area contributed by atoms with E-state index in [1.807, 2.05) is 6.92 Å². The van der Waals surface area contributed by atoms with Gasteiger partial charge in [-0.15, -0.1) is 0 Å². The molecule has 0 aliphatic carbocycles. The van der Waals surface area contributed by atoms with Crippen LogP contribution in [0, 0.1) is 0 Å². The molecule has 2 aromatic rings. The minimum Gasteiger partial charge on any atom is -0.423 e. The summed E-state index contributed by atoms with van der Waals surface area (Å²) in [6.07, 6.45) is 0.809. The van der Waals surface area contributed by atoms with E-state index in [1.165, 1.54) is 38.1 Å². The van der Waals surface area contributed by atoms with Crippen LogP contribution in [0.5, 0.6) is 5.75 Å². The molecule has 0 radical (unpaired) electrons. The van der Waals surface area contributed by atoms with Crippen molar-refractivity contribution in [1.29, 1.82) is 0 Å². The Morgan fingerprint density at radius 3 is 2.03 bits per heavy atom. The van der Waals surface area contributed by atoms with Gasteiger partial charge < -0.3 is 26.0 Å². The number of carbonyl (C=O) groups excluding carboxylic acids is 4. The van der Waals surface area contributed by atoms with Crippen molar-refractivity contribution >= 4 is 40.9 Å². The van der Waals surface area contributed by atoms with E-state index in [2.05, 4.69) is 21.3 Å². The van der Waals surface area contributed by atoms with Crippen LogP contribution in [-0.2, 0) is 9.59 Å². The molecule has 4 N–H and O–H groups in total. The molecule has 2 rings (SSSR count). The summed E-state index contributed by atoms with van der Waals surface area (Å²) < 4.78 is 5.39. The van der Waals surface area contributed by atoms with Crippen molar-refractivity contribution in [3.63, 3.8) is 0 Å². The summed E-state index contributed by atoms with van der Waals surface area (Å²) in [5.74, 6) is -1.12. The van der Waals surface area contributed by atoms with Crippen LogP contribution in [0.25, 0.3) is 0 Å². The topological polar surface area (TPSA) is 126 Å². The summed E-state index contributed by atoms with van der Waals surface area (Å²) in [7, 11) is 0. The SMILES string of the molecule is CCCNC(=O)Nc1cccc(OC(=O)c2cc(NC(C)=O)cc(NC(C)=O)c2)c1. The van der Waals surface area contributed by atoms with E-state index in [-0.39, 0.29) is 29.2 Å². The number of amides is 4. The normalized spacial score (nSPS) is 9.97. The van der Waals surface area contributed by atoms with Gasteiger partial charge in [-0.1, -0.05) is 13.0 Å². The Hall–Kier alpha value is -3.88. The average molecular weight is 412 g/mol. The standard InChI is InChI=1S/C21H24N4O5/c1-4-8-22-21(29)25-16-6-5-7-19(12-16)30-20(28)15-9-17(23-13(2)26)11-18(10-15)24-14(3)27/h5-7,9-12H,4,8H2,1-3H3,(H,23,26)(H,24,27)(H2,22,25,29). The molecule has 30 heavy (non-hydrogen) atoms. The summed E-state index contributed by atoms with van der Waals surface area (Å²) in [4.78, 5) is 47.1. The van der Waals surface area contributed by atoms with Crippen LogP contribution in [0.3, 0.4) is 0 Å². The van der Waals surface area contributed by atoms with Crippen LogP contribution in [0.2, 0.25) is 0 Å². The third-order valence-electron chi connectivity index (χ3n) is 3.65. The average Bonchev–Trinajstić information content (AvgIpc) is 2.65. The molecule has 0 fully saturated rings. The van der Waals surface area contributed by atoms with E-state index in [0.717, 1.165) is 6.42 Å². The highest BCUT2D eigenvalue weighted by Crippen LogP contribution is 2.23. The molecular formula is C21H24N4O5. The van der Waals surface area contributed by atoms with E-state index in [4.69, 9.17) is 4.74 Å². The number of benzene rings is 2. The zero-order valence-electron chi connectivity index (χ0n) is 17.0. The first-order valence-electron chi connectivity index (χ1n) is 9.34. The number of nitrogens with one attached hydrogen (secondary N) is 4. The second-order valence-electron chi connectivity index (χ2n) is 6.46. The number of carbonyl (C=O) groups is 4. The minimum atomic E-state index is -0.693. The largest absolute Gasteiger partial charge is 0.423 e. The number of rotatable bonds is 7. The second kappa shape index (κ2) is 10.6. The molecule has 0 spiro atoms. The number of hydrogen-bond donors (Lipinski definition) is 4. The zero-order valence-corrected chi connectivity index (χ0v) is 17.0. The van der Waals surface area contributed by atoms with Gasteiger partial charge in [0.25, 0.3) is 0 Å². The van der Waals surface area contributed by atoms with Gasteiger partial charge in [0.05, 0.1) is 5.56 Å². The van der Waals surface area contributed by atoms with Crippen LogP contribution >= 0.6 is 0 Å². The summed E-state index contributed by atoms with van der Waals surface area (Å²) in [6.45, 7) is 5.15. The van der Waals surface area contributed by atoms with Crippen molar-refractivity contribution in [3.05, 3.63) is 48.0 Å². The van der Waals surface area contributed by atoms with Gasteiger partial charge in [-0.2, -0.15) is 0 Å². The first-order valence-corrected chi connectivity index (χ1v) is 9.34. The predicted molar refractivity (Wildman–Crippen MR) is 114 cm³/mol. The lowest BCUT2D eigenvalue weighted by Gasteiger charge is -2.11. The molecule has 0 saturated heterocycles. The first kappa shape index (κ1) is 22.4. The van der Waals surface area contributed by atoms with Gasteiger partial charge in [-0.25, -0.2) is 9.59 Å². The quantitative estimate of drug-likeness (QED) is 0.410. The summed E-state index contributed by atoms with van der Waals surface area (Å²) in [6, 6.07) is 10.4. The maximum atomic E-state index is 12.6. The molecule has 0 saturated carbocycles. The molecule has 2 aromatic carbocycles. The van der Waals surface area contributed by atoms with E-state index >= 15 is 0 Å². The smallest absolute Gasteiger partial charge is 0.343 e. The number of hydrogen-bond acceptors (Lipinski definition) is 5. The zero-order chi connectivity index (χ0) is 22.1. The highest BCUT2D eigenvalue weighted by Gasteiger charge is 2.13. The van der Waals surface area contributed by atoms with Gasteiger partial charge in [-0.05, 0) is 36.8 Å². The lowest BCUT2D eigenvalue weighted by atomic mass is 10.1. The third kappa shape index (κ3) is 7.27. The van der Waals surface area contributed by atoms with Crippen LogP contribution in [0.1, 0.15) is 37.6 Å². The highest BCUT2D eigenvalue weighted by molar-refractivity contribution is 5.98. The summed E-state index contributed by atoms with van der Waals surface area (Å²) >= 11 is 0. The van der Waals surface area contributed by atoms with Gasteiger partial charge in [0.15, 0.2) is 0 Å². The number of anilines is 3. The Kier molecular flexibility index (Phi) is 7.92. The number of ether oxygens (including phenoxy) is 1. The second-order valence-corrected chi connectivity index (χ2v) is 6.46. The van der Waals surface area contributed by atoms with Crippen molar-refractivity contribution < 1.29 is 23.9 Å². The van der Waals surface area contributed by atoms with Crippen molar-refractivity contribution in [3.8, 4) is 5.75 Å². The molecule has 9 nitrogen and oxygen atoms in total. The summed E-state index contributed by atoms with van der Waals surface area (Å²) in [5.41, 5.74) is 1.26. The molecular weight excluding hydrogens is 388 g/mol. The Morgan fingerprint density at radius 1 is 0.833 bits per heavy atom. The number of esters is 1. The van der Waals surface area contributed by atoms with Gasteiger partial charge in [-0.3, -0.25) is 9.59 Å². The molecule has 4 amide bonds. The Bertz CT molecular complexity index is 924. The molecule has 0 heterocycles. The number of urea groups is 1. The van der Waals surface area contributed by atoms with E-state index < -0.39 is 5.97 Å². The molecule has 158 valence electrons. The molecule has 0 atom stereocenters. The maximum Gasteiger partial charge on any atom is 0.343 e. The Morgan fingerprint density at radius 2 is 1.47 bits per heavy atom. The van der Waals surface area contributed by atoms with Crippen molar-refractivity contribution in [2.45, 2.75) is 27.2 Å². The Balaban J connectivity index is 2.18. The van der Waals surface area contributed by atoms with E-state index in [0.29, 0.717) is 23.6 Å². The monoisotopic (exact) mass is 412 g/mol. The van der Waals surface area contributed by atoms with Crippen LogP contribution < -0.4 is 26.0 Å². The minimum absolute atomic E-state index is 0.129. The molecule has 0 unspecified atom stereocenters. The van der Waals surface area contributed by atoms with E-state index in [1.54, 1.807) is 18.2 Å². The van der Waals surface area contributed by atoms with Gasteiger partial charge in [0.1, 0.15) is 5.75 Å². The van der Waals surface area contributed by atoms with Gasteiger partial charge in [0.2, 0.25) is 11.8 Å². The summed E-state index contributed by atoms with van der Waals surface area (Å²) in [5, 5.41) is 10.5. The Labute approximate surface area is 174 Å². The predicted octanol–water partition coefficient (Wildman–Crippen LogP) is 3.35. The van der Waals surface area contributed by atoms with Gasteiger partial charge >= 0.3 is 12.0 Å². The lowest BCUT2D eigenvalue weighted by Crippen LogP contribution is -2.29. The molecule has 9 heteroatoms. The maximum absolute atomic E-state index is 12.6. The fraction of sp³-hybridized carbons (Fsp3) is 0.238. The molecule has 0 aliphatic heterocycles. The molecule has 0 aliphatic rings. The third-order valence-corrected chi connectivity index (χ3v) is 3.65. The fourth-order valence-electron chi connectivity index (χ4n) is 2.51.